The number of aryl methyl sites for hydroxylation is 1. The molecule has 1 atom stereocenters. The third kappa shape index (κ3) is 2.41. The summed E-state index contributed by atoms with van der Waals surface area (Å²) in [5, 5.41) is 2.38. The summed E-state index contributed by atoms with van der Waals surface area (Å²) in [7, 11) is 0. The fourth-order valence-corrected chi connectivity index (χ4v) is 3.16. The van der Waals surface area contributed by atoms with Crippen LogP contribution in [-0.4, -0.2) is 16.6 Å². The molecule has 1 N–H and O–H groups in total. The normalized spacial score (nSPS) is 12.4. The monoisotopic (exact) mass is 356 g/mol. The van der Waals surface area contributed by atoms with Crippen molar-refractivity contribution in [2.75, 3.05) is 6.61 Å². The van der Waals surface area contributed by atoms with Crippen molar-refractivity contribution >= 4 is 37.7 Å². The maximum Gasteiger partial charge on any atom is 0.117 e. The summed E-state index contributed by atoms with van der Waals surface area (Å²) in [6.45, 7) is 6.87. The SMILES string of the molecule is CCOC(C)c1cccc2[nH]c3cnc(C#CBr)c(C)c3c12. The highest BCUT2D eigenvalue weighted by atomic mass is 79.9. The molecule has 0 aliphatic rings. The maximum atomic E-state index is 5.81. The topological polar surface area (TPSA) is 37.9 Å². The molecule has 3 nitrogen and oxygen atoms in total. The van der Waals surface area contributed by atoms with Crippen LogP contribution in [0.4, 0.5) is 0 Å². The third-order valence-electron chi connectivity index (χ3n) is 3.96. The Morgan fingerprint density at radius 2 is 2.14 bits per heavy atom. The molecule has 0 spiro atoms. The number of ether oxygens (including phenoxy) is 1. The average molecular weight is 357 g/mol. The van der Waals surface area contributed by atoms with E-state index in [9.17, 15) is 0 Å². The standard InChI is InChI=1S/C18H17BrN2O/c1-4-22-12(3)13-6-5-7-15-18(13)17-11(2)14(8-9-19)20-10-16(17)21-15/h5-7,10,12,21H,4H2,1-3H3. The van der Waals surface area contributed by atoms with Crippen molar-refractivity contribution in [2.45, 2.75) is 26.9 Å². The summed E-state index contributed by atoms with van der Waals surface area (Å²) in [5.41, 5.74) is 5.21. The van der Waals surface area contributed by atoms with E-state index in [4.69, 9.17) is 4.74 Å². The van der Waals surface area contributed by atoms with Gasteiger partial charge in [-0.15, -0.1) is 0 Å². The minimum Gasteiger partial charge on any atom is -0.374 e. The van der Waals surface area contributed by atoms with Crippen LogP contribution < -0.4 is 0 Å². The van der Waals surface area contributed by atoms with E-state index >= 15 is 0 Å². The summed E-state index contributed by atoms with van der Waals surface area (Å²) in [5.74, 6) is 3.01. The van der Waals surface area contributed by atoms with Gasteiger partial charge in [0.05, 0.1) is 17.8 Å². The van der Waals surface area contributed by atoms with Crippen molar-refractivity contribution in [3.05, 3.63) is 41.2 Å². The summed E-state index contributed by atoms with van der Waals surface area (Å²) in [6, 6.07) is 6.28. The third-order valence-corrected chi connectivity index (χ3v) is 4.16. The van der Waals surface area contributed by atoms with E-state index in [0.717, 1.165) is 22.3 Å². The number of aromatic amines is 1. The van der Waals surface area contributed by atoms with Crippen LogP contribution in [0.25, 0.3) is 21.8 Å². The number of H-pyrrole nitrogens is 1. The fourth-order valence-electron chi connectivity index (χ4n) is 2.98. The molecule has 0 aliphatic heterocycles. The molecule has 0 saturated heterocycles. The summed E-state index contributed by atoms with van der Waals surface area (Å²) < 4.78 is 5.81. The molecule has 0 radical (unpaired) electrons. The number of rotatable bonds is 3. The molecule has 0 amide bonds. The lowest BCUT2D eigenvalue weighted by Gasteiger charge is -2.14. The van der Waals surface area contributed by atoms with Crippen LogP contribution in [0, 0.1) is 17.7 Å². The Balaban J connectivity index is 2.38. The van der Waals surface area contributed by atoms with Crippen LogP contribution in [0.5, 0.6) is 0 Å². The van der Waals surface area contributed by atoms with Gasteiger partial charge in [0.1, 0.15) is 5.69 Å². The van der Waals surface area contributed by atoms with E-state index in [-0.39, 0.29) is 6.10 Å². The van der Waals surface area contributed by atoms with Gasteiger partial charge in [-0.05, 0) is 48.7 Å². The van der Waals surface area contributed by atoms with Crippen LogP contribution in [-0.2, 0) is 4.74 Å². The Morgan fingerprint density at radius 3 is 2.86 bits per heavy atom. The molecule has 0 fully saturated rings. The van der Waals surface area contributed by atoms with Crippen LogP contribution in [0.2, 0.25) is 0 Å². The zero-order chi connectivity index (χ0) is 15.7. The van der Waals surface area contributed by atoms with Gasteiger partial charge in [0.15, 0.2) is 0 Å². The van der Waals surface area contributed by atoms with Crippen molar-refractivity contribution in [2.24, 2.45) is 0 Å². The minimum atomic E-state index is 0.0472. The summed E-state index contributed by atoms with van der Waals surface area (Å²) in [6.07, 6.45) is 1.90. The second-order valence-electron chi connectivity index (χ2n) is 5.23. The highest BCUT2D eigenvalue weighted by Crippen LogP contribution is 2.34. The Labute approximate surface area is 138 Å². The average Bonchev–Trinajstić information content (AvgIpc) is 2.89. The van der Waals surface area contributed by atoms with Crippen molar-refractivity contribution < 1.29 is 4.74 Å². The van der Waals surface area contributed by atoms with E-state index in [1.54, 1.807) is 0 Å². The van der Waals surface area contributed by atoms with E-state index in [1.165, 1.54) is 16.3 Å². The summed E-state index contributed by atoms with van der Waals surface area (Å²) in [4.78, 5) is 10.6. The molecule has 3 aromatic rings. The second kappa shape index (κ2) is 6.12. The number of fused-ring (bicyclic) bond motifs is 3. The zero-order valence-corrected chi connectivity index (χ0v) is 14.4. The summed E-state index contributed by atoms with van der Waals surface area (Å²) >= 11 is 3.15. The first-order valence-corrected chi connectivity index (χ1v) is 8.09. The quantitative estimate of drug-likeness (QED) is 0.682. The van der Waals surface area contributed by atoms with Gasteiger partial charge in [0.25, 0.3) is 0 Å². The maximum absolute atomic E-state index is 5.81. The van der Waals surface area contributed by atoms with Gasteiger partial charge >= 0.3 is 0 Å². The van der Waals surface area contributed by atoms with E-state index in [2.05, 4.69) is 68.7 Å². The van der Waals surface area contributed by atoms with E-state index in [0.29, 0.717) is 6.61 Å². The lowest BCUT2D eigenvalue weighted by molar-refractivity contribution is 0.0774. The molecule has 2 heterocycles. The largest absolute Gasteiger partial charge is 0.374 e. The Morgan fingerprint density at radius 1 is 1.32 bits per heavy atom. The Hall–Kier alpha value is -1.83. The number of aromatic nitrogens is 2. The zero-order valence-electron chi connectivity index (χ0n) is 12.8. The van der Waals surface area contributed by atoms with Crippen molar-refractivity contribution in [1.29, 1.82) is 0 Å². The van der Waals surface area contributed by atoms with Gasteiger partial charge < -0.3 is 9.72 Å². The Bertz CT molecular complexity index is 902. The highest BCUT2D eigenvalue weighted by molar-refractivity contribution is 9.12. The fraction of sp³-hybridized carbons (Fsp3) is 0.278. The number of hydrogen-bond acceptors (Lipinski definition) is 2. The molecule has 2 aromatic heterocycles. The van der Waals surface area contributed by atoms with Crippen LogP contribution in [0.1, 0.15) is 36.8 Å². The molecule has 112 valence electrons. The number of nitrogens with zero attached hydrogens (tertiary/aromatic N) is 1. The first-order chi connectivity index (χ1) is 10.7. The Kier molecular flexibility index (Phi) is 4.19. The smallest absolute Gasteiger partial charge is 0.117 e. The first-order valence-electron chi connectivity index (χ1n) is 7.30. The van der Waals surface area contributed by atoms with Crippen molar-refractivity contribution in [1.82, 2.24) is 9.97 Å². The van der Waals surface area contributed by atoms with Gasteiger partial charge in [-0.25, -0.2) is 4.98 Å². The number of benzene rings is 1. The van der Waals surface area contributed by atoms with E-state index < -0.39 is 0 Å². The van der Waals surface area contributed by atoms with Gasteiger partial charge in [0.2, 0.25) is 0 Å². The number of pyridine rings is 1. The molecule has 1 unspecified atom stereocenters. The molecule has 22 heavy (non-hydrogen) atoms. The number of halogens is 1. The molecule has 3 rings (SSSR count). The minimum absolute atomic E-state index is 0.0472. The predicted octanol–water partition coefficient (Wildman–Crippen LogP) is 4.83. The van der Waals surface area contributed by atoms with Gasteiger partial charge in [-0.2, -0.15) is 0 Å². The second-order valence-corrected chi connectivity index (χ2v) is 5.63. The molecule has 0 aliphatic carbocycles. The lowest BCUT2D eigenvalue weighted by atomic mass is 10.00. The van der Waals surface area contributed by atoms with Gasteiger partial charge in [0, 0.05) is 38.8 Å². The molecule has 0 saturated carbocycles. The highest BCUT2D eigenvalue weighted by Gasteiger charge is 2.16. The molecule has 1 aromatic carbocycles. The molecular formula is C18H17BrN2O. The molecule has 4 heteroatoms. The number of nitrogens with one attached hydrogen (secondary N) is 1. The molecule has 0 bridgehead atoms. The van der Waals surface area contributed by atoms with Crippen LogP contribution in [0.15, 0.2) is 24.4 Å². The van der Waals surface area contributed by atoms with Gasteiger partial charge in [-0.3, -0.25) is 0 Å². The van der Waals surface area contributed by atoms with Crippen molar-refractivity contribution in [3.63, 3.8) is 0 Å². The van der Waals surface area contributed by atoms with Gasteiger partial charge in [-0.1, -0.05) is 12.1 Å². The molecular weight excluding hydrogens is 340 g/mol. The first kappa shape index (κ1) is 15.1. The predicted molar refractivity (Wildman–Crippen MR) is 94.2 cm³/mol. The van der Waals surface area contributed by atoms with Crippen LogP contribution in [0.3, 0.4) is 0 Å². The van der Waals surface area contributed by atoms with E-state index in [1.807, 2.05) is 13.1 Å². The lowest BCUT2D eigenvalue weighted by Crippen LogP contribution is -2.00. The number of hydrogen-bond donors (Lipinski definition) is 1. The van der Waals surface area contributed by atoms with Crippen molar-refractivity contribution in [3.8, 4) is 10.8 Å². The van der Waals surface area contributed by atoms with Crippen LogP contribution >= 0.6 is 15.9 Å².